The zero-order chi connectivity index (χ0) is 14.8. The van der Waals surface area contributed by atoms with Gasteiger partial charge >= 0.3 is 5.97 Å². The first-order valence-electron chi connectivity index (χ1n) is 7.21. The first-order valence-corrected chi connectivity index (χ1v) is 7.21. The number of ether oxygens (including phenoxy) is 1. The Morgan fingerprint density at radius 1 is 1.25 bits per heavy atom. The molecule has 3 unspecified atom stereocenters. The number of hydrogen-bond donors (Lipinski definition) is 3. The maximum atomic E-state index is 12.4. The molecule has 2 rings (SSSR count). The van der Waals surface area contributed by atoms with Gasteiger partial charge in [0.05, 0.1) is 24.0 Å². The maximum Gasteiger partial charge on any atom is 0.307 e. The molecular formula is C14H23NO5. The molecule has 1 amide bonds. The molecule has 0 aromatic heterocycles. The van der Waals surface area contributed by atoms with Gasteiger partial charge in [-0.3, -0.25) is 9.59 Å². The van der Waals surface area contributed by atoms with Crippen molar-refractivity contribution in [1.82, 2.24) is 5.32 Å². The lowest BCUT2D eigenvalue weighted by molar-refractivity contribution is -0.147. The van der Waals surface area contributed by atoms with Crippen LogP contribution in [0.4, 0.5) is 0 Å². The molecule has 1 saturated heterocycles. The van der Waals surface area contributed by atoms with E-state index in [9.17, 15) is 19.8 Å². The molecule has 20 heavy (non-hydrogen) atoms. The highest BCUT2D eigenvalue weighted by Gasteiger charge is 2.44. The number of aliphatic hydroxyl groups excluding tert-OH is 1. The molecule has 0 radical (unpaired) electrons. The Hall–Kier alpha value is -1.14. The summed E-state index contributed by atoms with van der Waals surface area (Å²) in [6, 6.07) is 0. The van der Waals surface area contributed by atoms with Crippen LogP contribution in [-0.4, -0.2) is 47.4 Å². The van der Waals surface area contributed by atoms with Crippen molar-refractivity contribution >= 4 is 11.9 Å². The Morgan fingerprint density at radius 2 is 1.85 bits per heavy atom. The molecule has 2 aliphatic rings. The zero-order valence-electron chi connectivity index (χ0n) is 11.8. The third kappa shape index (κ3) is 3.12. The maximum absolute atomic E-state index is 12.4. The lowest BCUT2D eigenvalue weighted by Gasteiger charge is -2.37. The average molecular weight is 285 g/mol. The summed E-state index contributed by atoms with van der Waals surface area (Å²) in [4.78, 5) is 23.7. The quantitative estimate of drug-likeness (QED) is 0.694. The van der Waals surface area contributed by atoms with E-state index < -0.39 is 23.3 Å². The number of aliphatic hydroxyl groups is 1. The first-order chi connectivity index (χ1) is 9.47. The summed E-state index contributed by atoms with van der Waals surface area (Å²) in [6.45, 7) is 2.84. The number of carbonyl (C=O) groups excluding carboxylic acids is 1. The Balaban J connectivity index is 2.04. The Labute approximate surface area is 118 Å². The molecule has 3 N–H and O–H groups in total. The summed E-state index contributed by atoms with van der Waals surface area (Å²) in [7, 11) is 0. The number of aliphatic carboxylic acids is 1. The van der Waals surface area contributed by atoms with Crippen LogP contribution in [0.5, 0.6) is 0 Å². The molecule has 1 aliphatic heterocycles. The Kier molecular flexibility index (Phi) is 4.65. The molecule has 1 aliphatic carbocycles. The number of carboxylic acids is 1. The number of rotatable bonds is 4. The van der Waals surface area contributed by atoms with Gasteiger partial charge in [0.25, 0.3) is 0 Å². The third-order valence-corrected chi connectivity index (χ3v) is 4.59. The fraction of sp³-hybridized carbons (Fsp3) is 0.857. The summed E-state index contributed by atoms with van der Waals surface area (Å²) in [5, 5.41) is 21.7. The van der Waals surface area contributed by atoms with Gasteiger partial charge in [-0.25, -0.2) is 0 Å². The Bertz CT molecular complexity index is 378. The summed E-state index contributed by atoms with van der Waals surface area (Å²) in [5.41, 5.74) is -0.649. The van der Waals surface area contributed by atoms with E-state index in [0.717, 1.165) is 0 Å². The van der Waals surface area contributed by atoms with Crippen molar-refractivity contribution in [1.29, 1.82) is 0 Å². The van der Waals surface area contributed by atoms with Gasteiger partial charge < -0.3 is 20.3 Å². The van der Waals surface area contributed by atoms with Gasteiger partial charge in [0, 0.05) is 13.2 Å². The second-order valence-corrected chi connectivity index (χ2v) is 6.17. The highest BCUT2D eigenvalue weighted by atomic mass is 16.5. The lowest BCUT2D eigenvalue weighted by Crippen LogP contribution is -2.56. The van der Waals surface area contributed by atoms with Gasteiger partial charge in [-0.1, -0.05) is 6.92 Å². The topological polar surface area (TPSA) is 95.9 Å². The van der Waals surface area contributed by atoms with E-state index in [2.05, 4.69) is 5.32 Å². The third-order valence-electron chi connectivity index (χ3n) is 4.59. The van der Waals surface area contributed by atoms with Gasteiger partial charge in [0.2, 0.25) is 5.91 Å². The van der Waals surface area contributed by atoms with E-state index >= 15 is 0 Å². The molecule has 6 nitrogen and oxygen atoms in total. The van der Waals surface area contributed by atoms with E-state index in [1.807, 2.05) is 6.92 Å². The van der Waals surface area contributed by atoms with Gasteiger partial charge in [-0.15, -0.1) is 0 Å². The highest BCUT2D eigenvalue weighted by molar-refractivity contribution is 5.85. The summed E-state index contributed by atoms with van der Waals surface area (Å²) < 4.78 is 5.25. The normalized spacial score (nSPS) is 32.8. The summed E-state index contributed by atoms with van der Waals surface area (Å²) >= 11 is 0. The van der Waals surface area contributed by atoms with Gasteiger partial charge in [0.15, 0.2) is 0 Å². The molecule has 1 saturated carbocycles. The van der Waals surface area contributed by atoms with Crippen LogP contribution in [0.1, 0.15) is 32.6 Å². The summed E-state index contributed by atoms with van der Waals surface area (Å²) in [5.74, 6) is -2.00. The second-order valence-electron chi connectivity index (χ2n) is 6.17. The minimum absolute atomic E-state index is 0.137. The van der Waals surface area contributed by atoms with E-state index in [0.29, 0.717) is 38.9 Å². The number of carboxylic acid groups (broad SMARTS) is 1. The second kappa shape index (κ2) is 6.10. The molecule has 0 bridgehead atoms. The van der Waals surface area contributed by atoms with Crippen molar-refractivity contribution in [2.24, 2.45) is 17.8 Å². The molecule has 114 valence electrons. The van der Waals surface area contributed by atoms with Gasteiger partial charge in [-0.2, -0.15) is 0 Å². The molecule has 6 heteroatoms. The minimum Gasteiger partial charge on any atom is -0.481 e. The van der Waals surface area contributed by atoms with Crippen LogP contribution in [0.2, 0.25) is 0 Å². The number of hydrogen-bond acceptors (Lipinski definition) is 4. The molecular weight excluding hydrogens is 262 g/mol. The van der Waals surface area contributed by atoms with Crippen LogP contribution < -0.4 is 5.32 Å². The number of carbonyl (C=O) groups is 2. The molecule has 0 aromatic carbocycles. The van der Waals surface area contributed by atoms with Crippen LogP contribution in [0.25, 0.3) is 0 Å². The lowest BCUT2D eigenvalue weighted by atomic mass is 9.88. The van der Waals surface area contributed by atoms with Crippen molar-refractivity contribution in [3.8, 4) is 0 Å². The van der Waals surface area contributed by atoms with Gasteiger partial charge in [0.1, 0.15) is 0 Å². The first kappa shape index (κ1) is 15.3. The molecule has 1 heterocycles. The van der Waals surface area contributed by atoms with E-state index in [4.69, 9.17) is 4.74 Å². The highest BCUT2D eigenvalue weighted by Crippen LogP contribution is 2.37. The van der Waals surface area contributed by atoms with Crippen molar-refractivity contribution < 1.29 is 24.5 Å². The fourth-order valence-corrected chi connectivity index (χ4v) is 3.29. The van der Waals surface area contributed by atoms with Crippen molar-refractivity contribution in [2.45, 2.75) is 38.1 Å². The van der Waals surface area contributed by atoms with Crippen LogP contribution in [0.3, 0.4) is 0 Å². The molecule has 3 atom stereocenters. The predicted molar refractivity (Wildman–Crippen MR) is 71.0 cm³/mol. The van der Waals surface area contributed by atoms with E-state index in [1.54, 1.807) is 0 Å². The predicted octanol–water partition coefficient (Wildman–Crippen LogP) is 0.391. The van der Waals surface area contributed by atoms with Crippen molar-refractivity contribution in [3.05, 3.63) is 0 Å². The smallest absolute Gasteiger partial charge is 0.307 e. The molecule has 0 spiro atoms. The fourth-order valence-electron chi connectivity index (χ4n) is 3.29. The van der Waals surface area contributed by atoms with Crippen LogP contribution >= 0.6 is 0 Å². The standard InChI is InChI=1S/C14H23NO5/c1-9-6-10(11(7-9)13(18)19)12(17)15-14(8-16)2-4-20-5-3-14/h9-11,16H,2-8H2,1H3,(H,15,17)(H,18,19). The Morgan fingerprint density at radius 3 is 2.40 bits per heavy atom. The molecule has 0 aromatic rings. The van der Waals surface area contributed by atoms with Crippen LogP contribution in [0, 0.1) is 17.8 Å². The van der Waals surface area contributed by atoms with Crippen molar-refractivity contribution in [2.75, 3.05) is 19.8 Å². The number of nitrogens with one attached hydrogen (secondary N) is 1. The minimum atomic E-state index is -0.903. The van der Waals surface area contributed by atoms with E-state index in [1.165, 1.54) is 0 Å². The number of amides is 1. The SMILES string of the molecule is CC1CC(C(=O)O)C(C(=O)NC2(CO)CCOCC2)C1. The summed E-state index contributed by atoms with van der Waals surface area (Å²) in [6.07, 6.45) is 2.27. The largest absolute Gasteiger partial charge is 0.481 e. The monoisotopic (exact) mass is 285 g/mol. The van der Waals surface area contributed by atoms with Gasteiger partial charge in [-0.05, 0) is 31.6 Å². The van der Waals surface area contributed by atoms with Crippen molar-refractivity contribution in [3.63, 3.8) is 0 Å². The van der Waals surface area contributed by atoms with E-state index in [-0.39, 0.29) is 18.4 Å². The average Bonchev–Trinajstić information content (AvgIpc) is 2.82. The van der Waals surface area contributed by atoms with Crippen LogP contribution in [0.15, 0.2) is 0 Å². The molecule has 2 fully saturated rings. The zero-order valence-corrected chi connectivity index (χ0v) is 11.8. The van der Waals surface area contributed by atoms with Crippen LogP contribution in [-0.2, 0) is 14.3 Å².